The van der Waals surface area contributed by atoms with E-state index in [9.17, 15) is 0 Å². The van der Waals surface area contributed by atoms with E-state index in [1.165, 1.54) is 38.5 Å². The first-order valence-corrected chi connectivity index (χ1v) is 12.8. The second-order valence-electron chi connectivity index (χ2n) is 8.85. The van der Waals surface area contributed by atoms with E-state index in [0.717, 1.165) is 29.2 Å². The Morgan fingerprint density at radius 2 is 1.56 bits per heavy atom. The molecule has 164 valence electrons. The molecule has 3 atom stereocenters. The van der Waals surface area contributed by atoms with E-state index in [1.807, 2.05) is 51.8 Å². The molecule has 1 nitrogen and oxygen atoms in total. The third kappa shape index (κ3) is 11.6. The molecule has 0 N–H and O–H groups in total. The molecule has 0 aromatic rings. The summed E-state index contributed by atoms with van der Waals surface area (Å²) in [6.45, 7) is 19.8. The molecule has 0 aromatic heterocycles. The summed E-state index contributed by atoms with van der Waals surface area (Å²) in [7, 11) is 2.20. The van der Waals surface area contributed by atoms with Gasteiger partial charge in [0.15, 0.2) is 0 Å². The van der Waals surface area contributed by atoms with Crippen molar-refractivity contribution < 1.29 is 0 Å². The van der Waals surface area contributed by atoms with Gasteiger partial charge in [-0.1, -0.05) is 85.4 Å². The monoisotopic (exact) mass is 399 g/mol. The lowest BCUT2D eigenvalue weighted by Crippen LogP contribution is -2.47. The lowest BCUT2D eigenvalue weighted by Gasteiger charge is -2.56. The van der Waals surface area contributed by atoms with Crippen molar-refractivity contribution >= 4 is 11.9 Å². The molecule has 0 heterocycles. The zero-order chi connectivity index (χ0) is 21.5. The quantitative estimate of drug-likeness (QED) is 0.324. The molecule has 0 aromatic carbocycles. The minimum absolute atomic E-state index is 0.734. The standard InChI is InChI=1S/C10H23NS.C9H16.C4H8.C2H6/c1-6-7-10(8-9(2)3)11(4)12-5;1-9(2)7-4-3-5-8(9)6-7;1-3-4-2;1-2/h9-10H,6-8H2,1-5H3;7-8H,3-6H2,1-2H3;3-4H,1-2H3;1-2H3/b;;4-3-;. The Morgan fingerprint density at radius 1 is 1.07 bits per heavy atom. The summed E-state index contributed by atoms with van der Waals surface area (Å²) in [6.07, 6.45) is 16.2. The highest BCUT2D eigenvalue weighted by atomic mass is 32.2. The first-order valence-electron chi connectivity index (χ1n) is 11.6. The Bertz CT molecular complexity index is 328. The van der Waals surface area contributed by atoms with Crippen LogP contribution >= 0.6 is 11.9 Å². The highest BCUT2D eigenvalue weighted by molar-refractivity contribution is 7.96. The molecule has 0 spiro atoms. The van der Waals surface area contributed by atoms with E-state index in [1.54, 1.807) is 6.42 Å². The molecule has 3 aliphatic carbocycles. The van der Waals surface area contributed by atoms with Gasteiger partial charge in [-0.25, -0.2) is 0 Å². The predicted octanol–water partition coefficient (Wildman–Crippen LogP) is 8.85. The first-order chi connectivity index (χ1) is 12.7. The maximum atomic E-state index is 2.45. The van der Waals surface area contributed by atoms with Crippen LogP contribution < -0.4 is 0 Å². The molecule has 0 saturated heterocycles. The summed E-state index contributed by atoms with van der Waals surface area (Å²) in [5.74, 6) is 3.00. The topological polar surface area (TPSA) is 3.24 Å². The van der Waals surface area contributed by atoms with Crippen molar-refractivity contribution in [2.75, 3.05) is 13.3 Å². The number of hydrogen-bond acceptors (Lipinski definition) is 2. The Hall–Kier alpha value is 0.0500. The van der Waals surface area contributed by atoms with Gasteiger partial charge in [-0.3, -0.25) is 4.31 Å². The number of allylic oxidation sites excluding steroid dienone is 2. The van der Waals surface area contributed by atoms with Gasteiger partial charge in [0.1, 0.15) is 0 Å². The maximum absolute atomic E-state index is 2.45. The van der Waals surface area contributed by atoms with Crippen LogP contribution in [0, 0.1) is 23.2 Å². The van der Waals surface area contributed by atoms with Crippen molar-refractivity contribution in [3.8, 4) is 0 Å². The molecule has 3 fully saturated rings. The van der Waals surface area contributed by atoms with Crippen molar-refractivity contribution in [1.82, 2.24) is 4.31 Å². The molecule has 0 radical (unpaired) electrons. The molecule has 3 saturated carbocycles. The SMILES string of the molecule is C/C=C\C.CC.CC1(C)C2CCCC1C2.CCCC(CC(C)C)N(C)SC. The number of fused-ring (bicyclic) bond motifs is 2. The molecule has 3 rings (SSSR count). The predicted molar refractivity (Wildman–Crippen MR) is 130 cm³/mol. The van der Waals surface area contributed by atoms with E-state index >= 15 is 0 Å². The van der Waals surface area contributed by atoms with Gasteiger partial charge in [-0.2, -0.15) is 0 Å². The van der Waals surface area contributed by atoms with Gasteiger partial charge in [0.25, 0.3) is 0 Å². The van der Waals surface area contributed by atoms with Gasteiger partial charge >= 0.3 is 0 Å². The molecule has 2 bridgehead atoms. The fourth-order valence-corrected chi connectivity index (χ4v) is 4.68. The van der Waals surface area contributed by atoms with Crippen LogP contribution in [0.2, 0.25) is 0 Å². The normalized spacial score (nSPS) is 23.3. The largest absolute Gasteiger partial charge is 0.251 e. The second-order valence-corrected chi connectivity index (χ2v) is 9.79. The lowest BCUT2D eigenvalue weighted by atomic mass is 9.49. The lowest BCUT2D eigenvalue weighted by molar-refractivity contribution is -0.0646. The van der Waals surface area contributed by atoms with Crippen LogP contribution in [0.4, 0.5) is 0 Å². The van der Waals surface area contributed by atoms with Gasteiger partial charge in [0.2, 0.25) is 0 Å². The minimum Gasteiger partial charge on any atom is -0.251 e. The Kier molecular flexibility index (Phi) is 18.4. The molecule has 0 aliphatic heterocycles. The summed E-state index contributed by atoms with van der Waals surface area (Å²) in [4.78, 5) is 0. The molecule has 3 aliphatic rings. The van der Waals surface area contributed by atoms with Crippen molar-refractivity contribution in [2.24, 2.45) is 23.2 Å². The molecule has 0 amide bonds. The fraction of sp³-hybridized carbons (Fsp3) is 0.920. The van der Waals surface area contributed by atoms with Crippen LogP contribution in [0.1, 0.15) is 107 Å². The van der Waals surface area contributed by atoms with Crippen molar-refractivity contribution in [1.29, 1.82) is 0 Å². The summed E-state index contributed by atoms with van der Waals surface area (Å²) < 4.78 is 2.39. The molecular weight excluding hydrogens is 346 g/mol. The summed E-state index contributed by atoms with van der Waals surface area (Å²) in [5, 5.41) is 0. The third-order valence-corrected chi connectivity index (χ3v) is 7.15. The first kappa shape index (κ1) is 29.3. The average molecular weight is 400 g/mol. The van der Waals surface area contributed by atoms with Crippen LogP contribution in [-0.4, -0.2) is 23.7 Å². The van der Waals surface area contributed by atoms with Gasteiger partial charge in [0, 0.05) is 6.04 Å². The zero-order valence-corrected chi connectivity index (χ0v) is 21.6. The smallest absolute Gasteiger partial charge is 0.0201 e. The Morgan fingerprint density at radius 3 is 1.78 bits per heavy atom. The van der Waals surface area contributed by atoms with E-state index in [0.29, 0.717) is 0 Å². The second kappa shape index (κ2) is 17.0. The summed E-state index contributed by atoms with van der Waals surface area (Å²) in [6, 6.07) is 0.769. The highest BCUT2D eigenvalue weighted by Gasteiger charge is 2.49. The van der Waals surface area contributed by atoms with Gasteiger partial charge in [-0.15, -0.1) is 0 Å². The van der Waals surface area contributed by atoms with Crippen LogP contribution in [0.15, 0.2) is 12.2 Å². The average Bonchev–Trinajstić information content (AvgIpc) is 2.69. The van der Waals surface area contributed by atoms with E-state index in [4.69, 9.17) is 0 Å². The number of hydrogen-bond donors (Lipinski definition) is 0. The van der Waals surface area contributed by atoms with E-state index in [-0.39, 0.29) is 0 Å². The minimum atomic E-state index is 0.734. The van der Waals surface area contributed by atoms with Crippen molar-refractivity contribution in [3.05, 3.63) is 12.2 Å². The fourth-order valence-electron chi connectivity index (χ4n) is 4.19. The third-order valence-electron chi connectivity index (χ3n) is 6.28. The maximum Gasteiger partial charge on any atom is 0.0201 e. The molecule has 3 unspecified atom stereocenters. The highest BCUT2D eigenvalue weighted by Crippen LogP contribution is 2.58. The number of nitrogens with zero attached hydrogens (tertiary/aromatic N) is 1. The Balaban J connectivity index is 0. The van der Waals surface area contributed by atoms with Gasteiger partial charge in [0.05, 0.1) is 0 Å². The van der Waals surface area contributed by atoms with Crippen molar-refractivity contribution in [3.63, 3.8) is 0 Å². The number of rotatable bonds is 6. The van der Waals surface area contributed by atoms with Crippen molar-refractivity contribution in [2.45, 2.75) is 113 Å². The molecular formula is C25H53NS. The zero-order valence-electron chi connectivity index (χ0n) is 20.8. The van der Waals surface area contributed by atoms with Gasteiger partial charge < -0.3 is 0 Å². The van der Waals surface area contributed by atoms with Crippen LogP contribution in [-0.2, 0) is 0 Å². The van der Waals surface area contributed by atoms with E-state index < -0.39 is 0 Å². The molecule has 27 heavy (non-hydrogen) atoms. The van der Waals surface area contributed by atoms with E-state index in [2.05, 4.69) is 52.2 Å². The molecule has 2 heteroatoms. The Labute approximate surface area is 178 Å². The van der Waals surface area contributed by atoms with Crippen LogP contribution in [0.25, 0.3) is 0 Å². The van der Waals surface area contributed by atoms with Crippen LogP contribution in [0.3, 0.4) is 0 Å². The summed E-state index contributed by atoms with van der Waals surface area (Å²) >= 11 is 1.85. The van der Waals surface area contributed by atoms with Gasteiger partial charge in [-0.05, 0) is 82.4 Å². The summed E-state index contributed by atoms with van der Waals surface area (Å²) in [5.41, 5.74) is 0.734. The van der Waals surface area contributed by atoms with Crippen LogP contribution in [0.5, 0.6) is 0 Å².